The predicted molar refractivity (Wildman–Crippen MR) is 113 cm³/mol. The third-order valence-electron chi connectivity index (χ3n) is 4.36. The molecule has 0 saturated carbocycles. The molecular weight excluding hydrogens is 388 g/mol. The smallest absolute Gasteiger partial charge is 0.419 e. The summed E-state index contributed by atoms with van der Waals surface area (Å²) in [6.45, 7) is 8.83. The zero-order valence-electron chi connectivity index (χ0n) is 18.0. The molecule has 0 spiro atoms. The van der Waals surface area contributed by atoms with E-state index < -0.39 is 17.7 Å². The Bertz CT molecular complexity index is 1180. The van der Waals surface area contributed by atoms with Gasteiger partial charge in [-0.05, 0) is 46.8 Å². The van der Waals surface area contributed by atoms with E-state index >= 15 is 0 Å². The second-order valence-corrected chi connectivity index (χ2v) is 8.26. The number of aromatic nitrogens is 2. The van der Waals surface area contributed by atoms with Gasteiger partial charge in [0.05, 0.1) is 29.1 Å². The van der Waals surface area contributed by atoms with Gasteiger partial charge >= 0.3 is 12.1 Å². The van der Waals surface area contributed by atoms with E-state index in [9.17, 15) is 14.4 Å². The number of ether oxygens (including phenoxy) is 3. The first-order valence-electron chi connectivity index (χ1n) is 9.66. The molecule has 0 radical (unpaired) electrons. The van der Waals surface area contributed by atoms with Crippen LogP contribution in [0.2, 0.25) is 0 Å². The van der Waals surface area contributed by atoms with Crippen molar-refractivity contribution in [3.05, 3.63) is 45.9 Å². The summed E-state index contributed by atoms with van der Waals surface area (Å²) in [4.78, 5) is 41.4. The topological polar surface area (TPSA) is 99.6 Å². The molecule has 0 fully saturated rings. The van der Waals surface area contributed by atoms with E-state index in [0.29, 0.717) is 27.4 Å². The lowest BCUT2D eigenvalue weighted by Crippen LogP contribution is -2.27. The minimum Gasteiger partial charge on any atom is -0.458 e. The highest BCUT2D eigenvalue weighted by molar-refractivity contribution is 6.15. The van der Waals surface area contributed by atoms with Crippen LogP contribution in [0.15, 0.2) is 29.2 Å². The van der Waals surface area contributed by atoms with Gasteiger partial charge in [-0.15, -0.1) is 0 Å². The highest BCUT2D eigenvalue weighted by Crippen LogP contribution is 2.32. The maximum absolute atomic E-state index is 13.0. The molecule has 160 valence electrons. The van der Waals surface area contributed by atoms with Gasteiger partial charge in [0.1, 0.15) is 11.3 Å². The zero-order chi connectivity index (χ0) is 22.2. The molecule has 2 aromatic heterocycles. The van der Waals surface area contributed by atoms with Gasteiger partial charge < -0.3 is 19.2 Å². The molecule has 0 saturated heterocycles. The number of nitrogens with one attached hydrogen (secondary N) is 1. The minimum atomic E-state index is -0.727. The summed E-state index contributed by atoms with van der Waals surface area (Å²) in [6.07, 6.45) is 0.562. The fourth-order valence-corrected chi connectivity index (χ4v) is 3.37. The molecule has 2 heterocycles. The highest BCUT2D eigenvalue weighted by Gasteiger charge is 2.27. The van der Waals surface area contributed by atoms with Crippen molar-refractivity contribution in [1.29, 1.82) is 0 Å². The summed E-state index contributed by atoms with van der Waals surface area (Å²) in [5.41, 5.74) is 0.421. The standard InChI is InChI=1S/C22H26N2O6/c1-12(2)29-20(26)19-13(11-28-6)17-15(10-23-19)24(21(27)30-22(3,4)5)14-8-7-9-16(25)18(14)17/h7-10,12,23H,11H2,1-6H3. The summed E-state index contributed by atoms with van der Waals surface area (Å²) in [7, 11) is 1.49. The van der Waals surface area contributed by atoms with Gasteiger partial charge in [0.2, 0.25) is 0 Å². The fourth-order valence-electron chi connectivity index (χ4n) is 3.37. The summed E-state index contributed by atoms with van der Waals surface area (Å²) >= 11 is 0. The number of esters is 1. The molecular formula is C22H26N2O6. The Morgan fingerprint density at radius 2 is 1.83 bits per heavy atom. The quantitative estimate of drug-likeness (QED) is 0.648. The van der Waals surface area contributed by atoms with Crippen molar-refractivity contribution in [2.45, 2.75) is 52.9 Å². The first kappa shape index (κ1) is 21.6. The number of methoxy groups -OCH3 is 1. The third kappa shape index (κ3) is 3.95. The van der Waals surface area contributed by atoms with Crippen LogP contribution in [0.4, 0.5) is 4.79 Å². The lowest BCUT2D eigenvalue weighted by Gasteiger charge is -2.20. The van der Waals surface area contributed by atoms with Crippen LogP contribution in [0.25, 0.3) is 21.8 Å². The van der Waals surface area contributed by atoms with Gasteiger partial charge in [-0.3, -0.25) is 4.79 Å². The average Bonchev–Trinajstić information content (AvgIpc) is 2.96. The number of rotatable bonds is 4. The van der Waals surface area contributed by atoms with Gasteiger partial charge in [-0.25, -0.2) is 14.2 Å². The number of nitrogens with zero attached hydrogens (tertiary/aromatic N) is 1. The normalized spacial score (nSPS) is 12.0. The number of hydrogen-bond acceptors (Lipinski definition) is 6. The summed E-state index contributed by atoms with van der Waals surface area (Å²) in [5.74, 6) is -0.569. The first-order valence-corrected chi connectivity index (χ1v) is 9.66. The van der Waals surface area contributed by atoms with Crippen molar-refractivity contribution < 1.29 is 23.8 Å². The van der Waals surface area contributed by atoms with E-state index in [4.69, 9.17) is 14.2 Å². The van der Waals surface area contributed by atoms with E-state index in [-0.39, 0.29) is 23.8 Å². The van der Waals surface area contributed by atoms with Gasteiger partial charge in [0.15, 0.2) is 5.43 Å². The number of H-pyrrole nitrogens is 1. The number of hydrogen-bond donors (Lipinski definition) is 1. The molecule has 1 N–H and O–H groups in total. The van der Waals surface area contributed by atoms with Crippen molar-refractivity contribution in [2.24, 2.45) is 0 Å². The fraction of sp³-hybridized carbons (Fsp3) is 0.409. The van der Waals surface area contributed by atoms with E-state index in [1.165, 1.54) is 23.9 Å². The Hall–Kier alpha value is -3.13. The van der Waals surface area contributed by atoms with E-state index in [2.05, 4.69) is 4.98 Å². The molecule has 3 aromatic rings. The third-order valence-corrected chi connectivity index (χ3v) is 4.36. The lowest BCUT2D eigenvalue weighted by atomic mass is 10.1. The van der Waals surface area contributed by atoms with Crippen LogP contribution in [0.3, 0.4) is 0 Å². The number of carbonyl (C=O) groups is 2. The van der Waals surface area contributed by atoms with Gasteiger partial charge in [-0.2, -0.15) is 0 Å². The van der Waals surface area contributed by atoms with Crippen LogP contribution < -0.4 is 5.43 Å². The Labute approximate surface area is 173 Å². The summed E-state index contributed by atoms with van der Waals surface area (Å²) < 4.78 is 17.5. The molecule has 8 nitrogen and oxygen atoms in total. The van der Waals surface area contributed by atoms with E-state index in [0.717, 1.165) is 0 Å². The number of pyridine rings is 1. The highest BCUT2D eigenvalue weighted by atomic mass is 16.6. The molecule has 0 amide bonds. The van der Waals surface area contributed by atoms with Crippen molar-refractivity contribution in [3.8, 4) is 0 Å². The van der Waals surface area contributed by atoms with Crippen molar-refractivity contribution in [1.82, 2.24) is 9.55 Å². The monoisotopic (exact) mass is 414 g/mol. The van der Waals surface area contributed by atoms with Crippen LogP contribution in [-0.4, -0.2) is 40.4 Å². The van der Waals surface area contributed by atoms with Crippen LogP contribution >= 0.6 is 0 Å². The average molecular weight is 414 g/mol. The minimum absolute atomic E-state index is 0.0398. The molecule has 0 aliphatic heterocycles. The maximum Gasteiger partial charge on any atom is 0.419 e. The Kier molecular flexibility index (Phi) is 5.72. The maximum atomic E-state index is 13.0. The van der Waals surface area contributed by atoms with Crippen LogP contribution in [0.5, 0.6) is 0 Å². The number of aromatic amines is 1. The second kappa shape index (κ2) is 7.95. The largest absolute Gasteiger partial charge is 0.458 e. The Morgan fingerprint density at radius 1 is 1.13 bits per heavy atom. The second-order valence-electron chi connectivity index (χ2n) is 8.26. The molecule has 3 rings (SSSR count). The molecule has 8 heteroatoms. The predicted octanol–water partition coefficient (Wildman–Crippen LogP) is 3.98. The summed E-state index contributed by atoms with van der Waals surface area (Å²) in [5, 5.41) is 0.774. The number of benzene rings is 1. The van der Waals surface area contributed by atoms with E-state index in [1.54, 1.807) is 46.8 Å². The first-order chi connectivity index (χ1) is 14.0. The van der Waals surface area contributed by atoms with Gasteiger partial charge in [0, 0.05) is 24.3 Å². The molecule has 30 heavy (non-hydrogen) atoms. The van der Waals surface area contributed by atoms with Crippen LogP contribution in [0.1, 0.15) is 50.7 Å². The molecule has 0 aliphatic carbocycles. The summed E-state index contributed by atoms with van der Waals surface area (Å²) in [6, 6.07) is 4.67. The van der Waals surface area contributed by atoms with Crippen molar-refractivity contribution in [2.75, 3.05) is 7.11 Å². The Morgan fingerprint density at radius 3 is 2.43 bits per heavy atom. The van der Waals surface area contributed by atoms with Crippen LogP contribution in [0, 0.1) is 0 Å². The molecule has 0 unspecified atom stereocenters. The Balaban J connectivity index is 2.41. The molecule has 0 bridgehead atoms. The molecule has 1 aromatic carbocycles. The lowest BCUT2D eigenvalue weighted by molar-refractivity contribution is 0.0366. The SMILES string of the molecule is COCc1c(C(=O)OC(C)C)[nH]cc2c1c1c(=O)cccc1n2C(=O)OC(C)(C)C. The van der Waals surface area contributed by atoms with Crippen molar-refractivity contribution in [3.63, 3.8) is 0 Å². The molecule has 0 atom stereocenters. The zero-order valence-corrected chi connectivity index (χ0v) is 18.0. The van der Waals surface area contributed by atoms with Gasteiger partial charge in [-0.1, -0.05) is 6.07 Å². The molecule has 0 aliphatic rings. The van der Waals surface area contributed by atoms with Gasteiger partial charge in [0.25, 0.3) is 0 Å². The number of carbonyl (C=O) groups excluding carboxylic acids is 2. The van der Waals surface area contributed by atoms with Crippen LogP contribution in [-0.2, 0) is 20.8 Å². The van der Waals surface area contributed by atoms with E-state index in [1.807, 2.05) is 0 Å². The number of fused-ring (bicyclic) bond motifs is 3. The van der Waals surface area contributed by atoms with Crippen molar-refractivity contribution >= 4 is 33.9 Å².